The van der Waals surface area contributed by atoms with Gasteiger partial charge in [-0.3, -0.25) is 4.79 Å². The lowest BCUT2D eigenvalue weighted by molar-refractivity contribution is -0.116. The molecule has 0 aliphatic rings. The zero-order chi connectivity index (χ0) is 13.4. The Kier molecular flexibility index (Phi) is 6.22. The molecule has 1 amide bonds. The van der Waals surface area contributed by atoms with Crippen LogP contribution in [-0.4, -0.2) is 17.6 Å². The van der Waals surface area contributed by atoms with Crippen LogP contribution in [0.4, 0.5) is 5.69 Å². The molecule has 100 valence electrons. The molecule has 0 saturated carbocycles. The third-order valence-corrected chi connectivity index (χ3v) is 3.11. The van der Waals surface area contributed by atoms with Crippen LogP contribution >= 0.6 is 0 Å². The average molecular weight is 250 g/mol. The van der Waals surface area contributed by atoms with E-state index in [-0.39, 0.29) is 11.7 Å². The Bertz CT molecular complexity index is 380. The lowest BCUT2D eigenvalue weighted by Gasteiger charge is -2.13. The molecule has 4 N–H and O–H groups in total. The molecule has 0 radical (unpaired) electrons. The van der Waals surface area contributed by atoms with Crippen LogP contribution in [0.1, 0.15) is 32.6 Å². The van der Waals surface area contributed by atoms with Gasteiger partial charge in [0, 0.05) is 6.42 Å². The van der Waals surface area contributed by atoms with E-state index >= 15 is 0 Å². The van der Waals surface area contributed by atoms with Crippen LogP contribution in [0.25, 0.3) is 0 Å². The molecule has 4 nitrogen and oxygen atoms in total. The Balaban J connectivity index is 2.40. The quantitative estimate of drug-likeness (QED) is 0.651. The second kappa shape index (κ2) is 7.71. The van der Waals surface area contributed by atoms with Crippen molar-refractivity contribution in [1.82, 2.24) is 0 Å². The predicted molar refractivity (Wildman–Crippen MR) is 73.4 cm³/mol. The first-order chi connectivity index (χ1) is 8.67. The Labute approximate surface area is 108 Å². The molecule has 0 saturated heterocycles. The minimum atomic E-state index is -0.0630. The molecule has 1 unspecified atom stereocenters. The van der Waals surface area contributed by atoms with Crippen LogP contribution < -0.4 is 11.1 Å². The maximum atomic E-state index is 11.7. The van der Waals surface area contributed by atoms with E-state index in [1.165, 1.54) is 0 Å². The van der Waals surface area contributed by atoms with Crippen LogP contribution in [0.15, 0.2) is 24.3 Å². The fourth-order valence-electron chi connectivity index (χ4n) is 1.92. The van der Waals surface area contributed by atoms with Gasteiger partial charge in [0.15, 0.2) is 0 Å². The lowest BCUT2D eigenvalue weighted by atomic mass is 9.96. The van der Waals surface area contributed by atoms with Crippen LogP contribution in [0.2, 0.25) is 0 Å². The van der Waals surface area contributed by atoms with Gasteiger partial charge in [-0.1, -0.05) is 25.5 Å². The number of anilines is 1. The van der Waals surface area contributed by atoms with Crippen molar-refractivity contribution < 1.29 is 9.90 Å². The monoisotopic (exact) mass is 250 g/mol. The fraction of sp³-hybridized carbons (Fsp3) is 0.500. The van der Waals surface area contributed by atoms with Gasteiger partial charge in [0.1, 0.15) is 5.75 Å². The summed E-state index contributed by atoms with van der Waals surface area (Å²) in [5.41, 5.74) is 5.99. The van der Waals surface area contributed by atoms with Gasteiger partial charge in [0.2, 0.25) is 5.91 Å². The molecule has 0 aliphatic heterocycles. The predicted octanol–water partition coefficient (Wildman–Crippen LogP) is 2.49. The zero-order valence-corrected chi connectivity index (χ0v) is 10.9. The molecular weight excluding hydrogens is 228 g/mol. The largest absolute Gasteiger partial charge is 0.506 e. The van der Waals surface area contributed by atoms with Crippen LogP contribution in [0.3, 0.4) is 0 Å². The van der Waals surface area contributed by atoms with E-state index in [1.54, 1.807) is 24.3 Å². The van der Waals surface area contributed by atoms with Gasteiger partial charge < -0.3 is 16.2 Å². The summed E-state index contributed by atoms with van der Waals surface area (Å²) < 4.78 is 0. The summed E-state index contributed by atoms with van der Waals surface area (Å²) in [6, 6.07) is 6.74. The summed E-state index contributed by atoms with van der Waals surface area (Å²) in [5.74, 6) is 0.539. The standard InChI is InChI=1S/C14H22N2O2/c1-2-11(9-10-15)7-8-14(18)16-12-5-3-4-6-13(12)17/h3-6,11,17H,2,7-10,15H2,1H3,(H,16,18). The molecule has 0 spiro atoms. The summed E-state index contributed by atoms with van der Waals surface area (Å²) in [5, 5.41) is 12.2. The Morgan fingerprint density at radius 1 is 1.39 bits per heavy atom. The van der Waals surface area contributed by atoms with E-state index < -0.39 is 0 Å². The van der Waals surface area contributed by atoms with E-state index in [0.717, 1.165) is 19.3 Å². The van der Waals surface area contributed by atoms with Crippen LogP contribution in [0.5, 0.6) is 5.75 Å². The van der Waals surface area contributed by atoms with E-state index in [0.29, 0.717) is 24.6 Å². The van der Waals surface area contributed by atoms with Gasteiger partial charge in [-0.05, 0) is 37.4 Å². The number of benzene rings is 1. The minimum absolute atomic E-state index is 0.0630. The molecule has 0 heterocycles. The summed E-state index contributed by atoms with van der Waals surface area (Å²) in [7, 11) is 0. The first-order valence-corrected chi connectivity index (χ1v) is 6.45. The molecule has 1 aromatic carbocycles. The molecule has 1 rings (SSSR count). The number of carbonyl (C=O) groups excluding carboxylic acids is 1. The first-order valence-electron chi connectivity index (χ1n) is 6.45. The number of nitrogens with one attached hydrogen (secondary N) is 1. The summed E-state index contributed by atoms with van der Waals surface area (Å²) in [4.78, 5) is 11.7. The number of phenols is 1. The third-order valence-electron chi connectivity index (χ3n) is 3.11. The van der Waals surface area contributed by atoms with Crippen LogP contribution in [0, 0.1) is 5.92 Å². The van der Waals surface area contributed by atoms with E-state index in [4.69, 9.17) is 5.73 Å². The van der Waals surface area contributed by atoms with Crippen molar-refractivity contribution in [3.63, 3.8) is 0 Å². The number of phenolic OH excluding ortho intramolecular Hbond substituents is 1. The van der Waals surface area contributed by atoms with Crippen molar-refractivity contribution >= 4 is 11.6 Å². The Morgan fingerprint density at radius 2 is 2.11 bits per heavy atom. The Morgan fingerprint density at radius 3 is 2.72 bits per heavy atom. The number of carbonyl (C=O) groups is 1. The van der Waals surface area contributed by atoms with Gasteiger partial charge in [-0.2, -0.15) is 0 Å². The van der Waals surface area contributed by atoms with Crippen molar-refractivity contribution in [2.24, 2.45) is 11.7 Å². The number of amides is 1. The number of hydrogen-bond donors (Lipinski definition) is 3. The maximum absolute atomic E-state index is 11.7. The van der Waals surface area contributed by atoms with Gasteiger partial charge >= 0.3 is 0 Å². The van der Waals surface area contributed by atoms with E-state index in [2.05, 4.69) is 12.2 Å². The second-order valence-electron chi connectivity index (χ2n) is 4.46. The SMILES string of the molecule is CCC(CCN)CCC(=O)Nc1ccccc1O. The summed E-state index contributed by atoms with van der Waals surface area (Å²) in [6.45, 7) is 2.78. The highest BCUT2D eigenvalue weighted by Gasteiger charge is 2.10. The van der Waals surface area contributed by atoms with Gasteiger partial charge in [-0.15, -0.1) is 0 Å². The van der Waals surface area contributed by atoms with Crippen molar-refractivity contribution in [2.75, 3.05) is 11.9 Å². The van der Waals surface area contributed by atoms with Gasteiger partial charge in [0.05, 0.1) is 5.69 Å². The number of aromatic hydroxyl groups is 1. The molecule has 1 atom stereocenters. The van der Waals surface area contributed by atoms with Crippen molar-refractivity contribution in [1.29, 1.82) is 0 Å². The average Bonchev–Trinajstić information content (AvgIpc) is 2.37. The van der Waals surface area contributed by atoms with Crippen molar-refractivity contribution in [2.45, 2.75) is 32.6 Å². The molecule has 1 aromatic rings. The molecule has 4 heteroatoms. The van der Waals surface area contributed by atoms with Gasteiger partial charge in [-0.25, -0.2) is 0 Å². The summed E-state index contributed by atoms with van der Waals surface area (Å²) in [6.07, 6.45) is 3.31. The molecular formula is C14H22N2O2. The van der Waals surface area contributed by atoms with E-state index in [1.807, 2.05) is 0 Å². The molecule has 0 fully saturated rings. The molecule has 0 aliphatic carbocycles. The highest BCUT2D eigenvalue weighted by atomic mass is 16.3. The maximum Gasteiger partial charge on any atom is 0.224 e. The zero-order valence-electron chi connectivity index (χ0n) is 10.9. The lowest BCUT2D eigenvalue weighted by Crippen LogP contribution is -2.15. The smallest absolute Gasteiger partial charge is 0.224 e. The molecule has 0 aromatic heterocycles. The topological polar surface area (TPSA) is 75.4 Å². The fourth-order valence-corrected chi connectivity index (χ4v) is 1.92. The molecule has 0 bridgehead atoms. The normalized spacial score (nSPS) is 12.1. The summed E-state index contributed by atoms with van der Waals surface area (Å²) >= 11 is 0. The number of para-hydroxylation sites is 2. The minimum Gasteiger partial charge on any atom is -0.506 e. The van der Waals surface area contributed by atoms with E-state index in [9.17, 15) is 9.90 Å². The molecule has 18 heavy (non-hydrogen) atoms. The van der Waals surface area contributed by atoms with Crippen molar-refractivity contribution in [3.8, 4) is 5.75 Å². The van der Waals surface area contributed by atoms with Crippen LogP contribution in [-0.2, 0) is 4.79 Å². The Hall–Kier alpha value is -1.55. The highest BCUT2D eigenvalue weighted by Crippen LogP contribution is 2.22. The number of nitrogens with two attached hydrogens (primary N) is 1. The number of hydrogen-bond acceptors (Lipinski definition) is 3. The third kappa shape index (κ3) is 4.75. The first kappa shape index (κ1) is 14.5. The second-order valence-corrected chi connectivity index (χ2v) is 4.46. The number of rotatable bonds is 7. The highest BCUT2D eigenvalue weighted by molar-refractivity contribution is 5.92. The van der Waals surface area contributed by atoms with Gasteiger partial charge in [0.25, 0.3) is 0 Å². The van der Waals surface area contributed by atoms with Crippen molar-refractivity contribution in [3.05, 3.63) is 24.3 Å².